The Morgan fingerprint density at radius 1 is 1.26 bits per heavy atom. The van der Waals surface area contributed by atoms with Crippen LogP contribution in [0.2, 0.25) is 0 Å². The summed E-state index contributed by atoms with van der Waals surface area (Å²) in [7, 11) is 0.936. The minimum atomic E-state index is -5.12. The number of halogens is 5. The van der Waals surface area contributed by atoms with Crippen LogP contribution in [0.4, 0.5) is 22.0 Å². The Hall–Kier alpha value is -2.06. The number of esters is 1. The summed E-state index contributed by atoms with van der Waals surface area (Å²) in [4.78, 5) is 11.2. The maximum absolute atomic E-state index is 12.2. The monoisotopic (exact) mass is 286 g/mol. The van der Waals surface area contributed by atoms with Crippen LogP contribution in [0.5, 0.6) is 11.5 Å². The van der Waals surface area contributed by atoms with Crippen LogP contribution >= 0.6 is 0 Å². The molecule has 0 spiro atoms. The maximum Gasteiger partial charge on any atom is 0.573 e. The number of carbonyl (C=O) groups excluding carboxylic acids is 1. The Morgan fingerprint density at radius 2 is 1.89 bits per heavy atom. The molecule has 4 nitrogen and oxygen atoms in total. The lowest BCUT2D eigenvalue weighted by molar-refractivity contribution is -0.275. The number of para-hydroxylation sites is 1. The molecule has 106 valence electrons. The first kappa shape index (κ1) is 15.0. The third-order valence-electron chi connectivity index (χ3n) is 1.82. The summed E-state index contributed by atoms with van der Waals surface area (Å²) in [6.45, 7) is -3.43. The van der Waals surface area contributed by atoms with Gasteiger partial charge < -0.3 is 14.2 Å². The van der Waals surface area contributed by atoms with E-state index in [0.29, 0.717) is 0 Å². The third kappa shape index (κ3) is 4.27. The average Bonchev–Trinajstić information content (AvgIpc) is 2.28. The second-order valence-electron chi connectivity index (χ2n) is 3.05. The first-order chi connectivity index (χ1) is 8.74. The molecule has 0 fully saturated rings. The van der Waals surface area contributed by atoms with E-state index in [2.05, 4.69) is 14.2 Å². The van der Waals surface area contributed by atoms with Crippen molar-refractivity contribution in [2.45, 2.75) is 13.0 Å². The number of hydrogen-bond donors (Lipinski definition) is 0. The molecule has 0 N–H and O–H groups in total. The van der Waals surface area contributed by atoms with Crippen molar-refractivity contribution in [3.05, 3.63) is 23.8 Å². The van der Waals surface area contributed by atoms with E-state index in [9.17, 15) is 26.7 Å². The molecule has 0 saturated carbocycles. The van der Waals surface area contributed by atoms with Gasteiger partial charge in [0, 0.05) is 0 Å². The predicted octanol–water partition coefficient (Wildman–Crippen LogP) is 2.97. The zero-order valence-electron chi connectivity index (χ0n) is 9.33. The second kappa shape index (κ2) is 5.72. The lowest BCUT2D eigenvalue weighted by atomic mass is 10.2. The van der Waals surface area contributed by atoms with Crippen molar-refractivity contribution in [2.24, 2.45) is 0 Å². The van der Waals surface area contributed by atoms with Crippen LogP contribution in [0.25, 0.3) is 0 Å². The van der Waals surface area contributed by atoms with Crippen molar-refractivity contribution in [2.75, 3.05) is 7.11 Å². The highest BCUT2D eigenvalue weighted by atomic mass is 19.4. The van der Waals surface area contributed by atoms with E-state index in [1.165, 1.54) is 0 Å². The average molecular weight is 286 g/mol. The topological polar surface area (TPSA) is 44.8 Å². The van der Waals surface area contributed by atoms with E-state index >= 15 is 0 Å². The zero-order valence-corrected chi connectivity index (χ0v) is 9.33. The Balaban J connectivity index is 3.25. The predicted molar refractivity (Wildman–Crippen MR) is 51.1 cm³/mol. The minimum absolute atomic E-state index is 0.607. The maximum atomic E-state index is 12.2. The third-order valence-corrected chi connectivity index (χ3v) is 1.82. The van der Waals surface area contributed by atoms with Gasteiger partial charge in [-0.2, -0.15) is 8.78 Å². The van der Waals surface area contributed by atoms with Crippen LogP contribution in [-0.4, -0.2) is 26.1 Å². The number of carbonyl (C=O) groups is 1. The number of hydrogen-bond acceptors (Lipinski definition) is 4. The van der Waals surface area contributed by atoms with Gasteiger partial charge in [-0.1, -0.05) is 6.07 Å². The molecule has 0 aromatic heterocycles. The van der Waals surface area contributed by atoms with Gasteiger partial charge in [0.2, 0.25) is 0 Å². The van der Waals surface area contributed by atoms with Crippen LogP contribution in [0, 0.1) is 0 Å². The highest BCUT2D eigenvalue weighted by Crippen LogP contribution is 2.36. The van der Waals surface area contributed by atoms with Gasteiger partial charge in [0.25, 0.3) is 0 Å². The Labute approximate surface area is 103 Å². The van der Waals surface area contributed by atoms with Crippen LogP contribution in [0.1, 0.15) is 10.4 Å². The van der Waals surface area contributed by atoms with Gasteiger partial charge in [-0.15, -0.1) is 13.2 Å². The smallest absolute Gasteiger partial charge is 0.465 e. The summed E-state index contributed by atoms with van der Waals surface area (Å²) in [6.07, 6.45) is -5.12. The molecule has 0 aliphatic carbocycles. The normalized spacial score (nSPS) is 11.3. The summed E-state index contributed by atoms with van der Waals surface area (Å²) < 4.78 is 72.2. The fraction of sp³-hybridized carbons (Fsp3) is 0.300. The summed E-state index contributed by atoms with van der Waals surface area (Å²) in [5.41, 5.74) is -0.607. The molecular weight excluding hydrogens is 279 g/mol. The van der Waals surface area contributed by atoms with Crippen LogP contribution in [0.15, 0.2) is 18.2 Å². The van der Waals surface area contributed by atoms with E-state index in [0.717, 1.165) is 25.3 Å². The van der Waals surface area contributed by atoms with E-state index in [4.69, 9.17) is 0 Å². The van der Waals surface area contributed by atoms with Crippen LogP contribution in [0.3, 0.4) is 0 Å². The SMILES string of the molecule is COC(=O)c1cccc(OC(F)(F)F)c1OC(F)F. The molecule has 0 aliphatic rings. The molecule has 0 heterocycles. The van der Waals surface area contributed by atoms with Gasteiger partial charge in [-0.3, -0.25) is 0 Å². The number of methoxy groups -OCH3 is 1. The summed E-state index contributed by atoms with van der Waals surface area (Å²) in [5.74, 6) is -3.24. The molecule has 0 bridgehead atoms. The molecular formula is C10H7F5O4. The van der Waals surface area contributed by atoms with Crippen LogP contribution in [-0.2, 0) is 4.74 Å². The van der Waals surface area contributed by atoms with Gasteiger partial charge >= 0.3 is 18.9 Å². The molecule has 1 rings (SSSR count). The Bertz CT molecular complexity index is 458. The number of ether oxygens (including phenoxy) is 3. The quantitative estimate of drug-likeness (QED) is 0.630. The Kier molecular flexibility index (Phi) is 4.52. The molecule has 0 amide bonds. The van der Waals surface area contributed by atoms with Gasteiger partial charge in [0.05, 0.1) is 7.11 Å². The first-order valence-corrected chi connectivity index (χ1v) is 4.66. The highest BCUT2D eigenvalue weighted by molar-refractivity contribution is 5.93. The summed E-state index contributed by atoms with van der Waals surface area (Å²) >= 11 is 0. The first-order valence-electron chi connectivity index (χ1n) is 4.66. The fourth-order valence-electron chi connectivity index (χ4n) is 1.20. The van der Waals surface area contributed by atoms with E-state index in [1.807, 2.05) is 0 Å². The van der Waals surface area contributed by atoms with Gasteiger partial charge in [-0.25, -0.2) is 4.79 Å². The Morgan fingerprint density at radius 3 is 2.37 bits per heavy atom. The molecule has 1 aromatic carbocycles. The molecule has 1 aromatic rings. The molecule has 0 aliphatic heterocycles. The van der Waals surface area contributed by atoms with Crippen molar-refractivity contribution in [3.63, 3.8) is 0 Å². The summed E-state index contributed by atoms with van der Waals surface area (Å²) in [6, 6.07) is 2.70. The van der Waals surface area contributed by atoms with E-state index in [-0.39, 0.29) is 0 Å². The number of rotatable bonds is 4. The van der Waals surface area contributed by atoms with Crippen LogP contribution < -0.4 is 9.47 Å². The molecule has 9 heteroatoms. The van der Waals surface area contributed by atoms with Crippen molar-refractivity contribution in [3.8, 4) is 11.5 Å². The van der Waals surface area contributed by atoms with Crippen molar-refractivity contribution >= 4 is 5.97 Å². The van der Waals surface area contributed by atoms with E-state index in [1.54, 1.807) is 0 Å². The molecule has 19 heavy (non-hydrogen) atoms. The van der Waals surface area contributed by atoms with Crippen molar-refractivity contribution in [1.29, 1.82) is 0 Å². The zero-order chi connectivity index (χ0) is 14.6. The van der Waals surface area contributed by atoms with E-state index < -0.39 is 36.0 Å². The number of alkyl halides is 5. The van der Waals surface area contributed by atoms with Crippen molar-refractivity contribution in [1.82, 2.24) is 0 Å². The minimum Gasteiger partial charge on any atom is -0.465 e. The van der Waals surface area contributed by atoms with Crippen molar-refractivity contribution < 1.29 is 41.0 Å². The molecule has 0 atom stereocenters. The highest BCUT2D eigenvalue weighted by Gasteiger charge is 2.34. The molecule has 0 unspecified atom stereocenters. The number of benzene rings is 1. The lowest BCUT2D eigenvalue weighted by Crippen LogP contribution is -2.19. The second-order valence-corrected chi connectivity index (χ2v) is 3.05. The largest absolute Gasteiger partial charge is 0.573 e. The lowest BCUT2D eigenvalue weighted by Gasteiger charge is -2.15. The molecule has 0 radical (unpaired) electrons. The standard InChI is InChI=1S/C10H7F5O4/c1-17-8(16)5-3-2-4-6(19-10(13,14)15)7(5)18-9(11)12/h2-4,9H,1H3. The van der Waals surface area contributed by atoms with Gasteiger partial charge in [0.15, 0.2) is 11.5 Å². The summed E-state index contributed by atoms with van der Waals surface area (Å²) in [5, 5.41) is 0. The molecule has 0 saturated heterocycles. The van der Waals surface area contributed by atoms with Gasteiger partial charge in [0.1, 0.15) is 5.56 Å². The fourth-order valence-corrected chi connectivity index (χ4v) is 1.20. The van der Waals surface area contributed by atoms with Gasteiger partial charge in [-0.05, 0) is 12.1 Å².